The SMILES string of the molecule is C.C.C.C.C.CC(C)(C)c1c(C2CCCCC2)cccc1C1CCCCC1.CC(C)(C)c1ccccc1-c1ccccc1.CC(C)(C)c1ccccc1C1CCCCC1.[2H]C([2H])(c1cccc(C([2H])(C)C(C)(C)C(F)(F)F)c1C(C)(C)C)C(C)(C)C(F)(F)F.[2H]C([2H])(c1ccccc1C(C)(C)C)C(C)(C)C(F)(F)F.[2H]c1c([2H])c([2H])c(-c2cccc(-c3c([2H])c([2H])c([2H])c(C)c3[2H])c2C(C)(C)C)c([2H])c1[2H].[2H]c1c([2H])c([2H])c(-c2ccccc2C(C)(C)C)c([2H])c1[2H]. The molecule has 0 amide bonds. The molecule has 1 atom stereocenters. The second kappa shape index (κ2) is 53.4. The lowest BCUT2D eigenvalue weighted by Crippen LogP contribution is -2.38. The molecule has 9 heteroatoms. The van der Waals surface area contributed by atoms with Gasteiger partial charge in [0.25, 0.3) is 0 Å². The molecule has 0 aromatic heterocycles. The Morgan fingerprint density at radius 2 is 0.587 bits per heavy atom. The van der Waals surface area contributed by atoms with Gasteiger partial charge in [0.05, 0.1) is 35.4 Å². The van der Waals surface area contributed by atoms with Crippen molar-refractivity contribution in [2.75, 3.05) is 0 Å². The molecule has 0 heterocycles. The van der Waals surface area contributed by atoms with Crippen LogP contribution >= 0.6 is 0 Å². The molecule has 3 fully saturated rings. The molecule has 11 aromatic carbocycles. The van der Waals surface area contributed by atoms with Gasteiger partial charge < -0.3 is 0 Å². The zero-order valence-corrected chi connectivity index (χ0v) is 88.1. The molecule has 3 aliphatic rings. The fourth-order valence-electron chi connectivity index (χ4n) is 18.8. The van der Waals surface area contributed by atoms with Crippen LogP contribution in [0.5, 0.6) is 0 Å². The highest BCUT2D eigenvalue weighted by Gasteiger charge is 2.53. The van der Waals surface area contributed by atoms with E-state index in [0.29, 0.717) is 27.8 Å². The molecule has 0 radical (unpaired) electrons. The van der Waals surface area contributed by atoms with Crippen LogP contribution in [-0.2, 0) is 50.7 Å². The first kappa shape index (κ1) is 98.5. The molecule has 788 valence electrons. The van der Waals surface area contributed by atoms with Gasteiger partial charge in [-0.15, -0.1) is 0 Å². The van der Waals surface area contributed by atoms with E-state index < -0.39 is 87.8 Å². The highest BCUT2D eigenvalue weighted by molar-refractivity contribution is 5.80. The summed E-state index contributed by atoms with van der Waals surface area (Å²) in [7, 11) is 0. The lowest BCUT2D eigenvalue weighted by atomic mass is 9.68. The zero-order valence-electron chi connectivity index (χ0n) is 107. The molecule has 143 heavy (non-hydrogen) atoms. The molecule has 1 unspecified atom stereocenters. The molecule has 0 bridgehead atoms. The van der Waals surface area contributed by atoms with Crippen LogP contribution in [0.15, 0.2) is 267 Å². The van der Waals surface area contributed by atoms with Crippen molar-refractivity contribution in [1.29, 1.82) is 0 Å². The highest BCUT2D eigenvalue weighted by atomic mass is 19.4. The second-order valence-electron chi connectivity index (χ2n) is 46.4. The number of alkyl halides is 9. The molecular weight excluding hydrogens is 1780 g/mol. The second-order valence-corrected chi connectivity index (χ2v) is 46.4. The van der Waals surface area contributed by atoms with Crippen molar-refractivity contribution in [3.63, 3.8) is 0 Å². The zero-order chi connectivity index (χ0) is 119. The van der Waals surface area contributed by atoms with E-state index in [4.69, 9.17) is 26.0 Å². The minimum Gasteiger partial charge on any atom is -0.171 e. The van der Waals surface area contributed by atoms with Gasteiger partial charge in [-0.3, -0.25) is 0 Å². The van der Waals surface area contributed by atoms with Gasteiger partial charge >= 0.3 is 18.5 Å². The molecule has 0 spiro atoms. The molecule has 0 nitrogen and oxygen atoms in total. The molecule has 3 aliphatic carbocycles. The van der Waals surface area contributed by atoms with E-state index in [1.807, 2.05) is 86.6 Å². The lowest BCUT2D eigenvalue weighted by Gasteiger charge is -2.39. The Morgan fingerprint density at radius 1 is 0.280 bits per heavy atom. The maximum atomic E-state index is 13.8. The van der Waals surface area contributed by atoms with Crippen LogP contribution in [0.4, 0.5) is 39.5 Å². The van der Waals surface area contributed by atoms with Crippen molar-refractivity contribution in [2.24, 2.45) is 16.2 Å². The van der Waals surface area contributed by atoms with Gasteiger partial charge in [-0.2, -0.15) is 39.5 Å². The topological polar surface area (TPSA) is 0 Å². The first-order valence-corrected chi connectivity index (χ1v) is 49.5. The average Bonchev–Trinajstić information content (AvgIpc) is 0.712. The van der Waals surface area contributed by atoms with Crippen molar-refractivity contribution in [2.45, 2.75) is 427 Å². The summed E-state index contributed by atoms with van der Waals surface area (Å²) in [5, 5.41) is 0. The molecule has 0 saturated heterocycles. The first-order valence-electron chi connectivity index (χ1n) is 59.0. The van der Waals surface area contributed by atoms with E-state index >= 15 is 0 Å². The first-order chi connectivity index (χ1) is 71.7. The molecule has 3 saturated carbocycles. The monoisotopic (exact) mass is 1990 g/mol. The number of hydrogen-bond acceptors (Lipinski definition) is 0. The molecule has 0 N–H and O–H groups in total. The lowest BCUT2D eigenvalue weighted by molar-refractivity contribution is -0.218. The summed E-state index contributed by atoms with van der Waals surface area (Å²) in [4.78, 5) is 0. The van der Waals surface area contributed by atoms with E-state index in [9.17, 15) is 39.5 Å². The fraction of sp³-hybridized carbons (Fsp3) is 0.507. The number of hydrogen-bond donors (Lipinski definition) is 0. The minimum atomic E-state index is -4.91. The van der Waals surface area contributed by atoms with Gasteiger partial charge in [0.2, 0.25) is 0 Å². The van der Waals surface area contributed by atoms with Gasteiger partial charge in [-0.25, -0.2) is 0 Å². The number of rotatable bonds is 13. The minimum absolute atomic E-state index is 0. The average molecular weight is 1990 g/mol. The summed E-state index contributed by atoms with van der Waals surface area (Å²) in [5.41, 5.74) is 7.21. The third-order valence-electron chi connectivity index (χ3n) is 26.6. The van der Waals surface area contributed by atoms with Crippen LogP contribution in [0.25, 0.3) is 44.5 Å². The van der Waals surface area contributed by atoms with E-state index in [2.05, 4.69) is 159 Å². The van der Waals surface area contributed by atoms with Crippen LogP contribution in [0.2, 0.25) is 0 Å². The maximum Gasteiger partial charge on any atom is 0.394 e. The van der Waals surface area contributed by atoms with Gasteiger partial charge in [0, 0.05) is 6.85 Å². The Labute approximate surface area is 893 Å². The van der Waals surface area contributed by atoms with E-state index in [0.717, 1.165) is 71.8 Å². The summed E-state index contributed by atoms with van der Waals surface area (Å²) in [6.07, 6.45) is 1.60. The predicted molar refractivity (Wildman–Crippen MR) is 609 cm³/mol. The van der Waals surface area contributed by atoms with Crippen molar-refractivity contribution in [3.8, 4) is 44.5 Å². The standard InChI is InChI=1S/C23H24.C22H34.C21H30F6.C16H24.2C16H18.C15H21F3.5CH4/c1-17-10-8-13-19(16-17)21-15-9-14-20(22(21)23(2,3)4)18-11-6-5-7-12-18;1-22(2,3)21-19(17-11-6-4-7-12-17)15-10-16-20(21)18-13-8-5-9-14-18;1-13(19(7,8)21(25,26)27)15-11-9-10-14(16(15)17(2,3)4)12-18(5,6)20(22,23)24;3*1-16(2,3)15-12-8-7-11-14(15)13-9-5-4-6-10-13;1-13(2,3)12-9-7-6-8-11(12)10-14(4,5)15(16,17)18;;;;;/h5-16H,1-4H3;10,15-18H,4-9,11-14H2,1-3H3;9-11,13H,12H2,1-8H3;7-8,11-13H,4-6,9-10H2,1-3H3;2*4-12H,1-3H3;6-9H,10H2,1-5H3;5*1H4/i5D,6D,7D,8D,10D,11D,12D,13D,16D;;12D2,13D;;4D,5D,6D,9D,10D;;10D2;;;;;. The molecule has 11 aromatic rings. The summed E-state index contributed by atoms with van der Waals surface area (Å²) in [5.74, 6) is 0.185. The van der Waals surface area contributed by atoms with Crippen LogP contribution in [-0.4, -0.2) is 18.5 Å². The summed E-state index contributed by atoms with van der Waals surface area (Å²) in [6, 6.07) is 54.3. The fourth-order valence-corrected chi connectivity index (χ4v) is 18.8. The predicted octanol–water partition coefficient (Wildman–Crippen LogP) is 44.1. The Balaban J connectivity index is 0.000000488. The normalized spacial score (nSPS) is 16.9. The smallest absolute Gasteiger partial charge is 0.171 e. The third-order valence-corrected chi connectivity index (χ3v) is 26.6. The Hall–Kier alpha value is -9.21. The quantitative estimate of drug-likeness (QED) is 0.101. The highest BCUT2D eigenvalue weighted by Crippen LogP contribution is 2.53. The summed E-state index contributed by atoms with van der Waals surface area (Å²) in [6.45, 7) is 50.9. The third kappa shape index (κ3) is 35.8. The molecule has 14 rings (SSSR count). The van der Waals surface area contributed by atoms with E-state index in [-0.39, 0.29) is 170 Å². The van der Waals surface area contributed by atoms with Gasteiger partial charge in [-0.1, -0.05) is 561 Å². The van der Waals surface area contributed by atoms with Gasteiger partial charge in [0.1, 0.15) is 0 Å². The largest absolute Gasteiger partial charge is 0.394 e. The van der Waals surface area contributed by atoms with Crippen molar-refractivity contribution >= 4 is 0 Å². The van der Waals surface area contributed by atoms with Crippen molar-refractivity contribution in [3.05, 3.63) is 344 Å². The van der Waals surface area contributed by atoms with Crippen LogP contribution in [0.1, 0.15) is 455 Å². The molecular formula is C134H189F9. The van der Waals surface area contributed by atoms with E-state index in [1.54, 1.807) is 91.9 Å². The summed E-state index contributed by atoms with van der Waals surface area (Å²) >= 11 is 0. The van der Waals surface area contributed by atoms with Crippen LogP contribution in [0.3, 0.4) is 0 Å². The number of halogens is 9. The van der Waals surface area contributed by atoms with Crippen LogP contribution in [0, 0.1) is 23.2 Å². The van der Waals surface area contributed by atoms with Crippen molar-refractivity contribution in [1.82, 2.24) is 0 Å². The van der Waals surface area contributed by atoms with Gasteiger partial charge in [0.15, 0.2) is 0 Å². The maximum absolute atomic E-state index is 13.8. The van der Waals surface area contributed by atoms with Crippen LogP contribution < -0.4 is 0 Å². The van der Waals surface area contributed by atoms with Crippen molar-refractivity contribution < 1.29 is 65.6 Å². The molecule has 0 aliphatic heterocycles. The van der Waals surface area contributed by atoms with Gasteiger partial charge in [-0.05, 0) is 237 Å². The number of benzene rings is 11. The Kier molecular flexibility index (Phi) is 36.8. The van der Waals surface area contributed by atoms with E-state index in [1.165, 1.54) is 137 Å². The Bertz CT molecular complexity index is 6450. The Morgan fingerprint density at radius 3 is 0.986 bits per heavy atom. The summed E-state index contributed by atoms with van der Waals surface area (Å²) < 4.78 is 277.